The van der Waals surface area contributed by atoms with Gasteiger partial charge in [-0.3, -0.25) is 9.69 Å². The van der Waals surface area contributed by atoms with Gasteiger partial charge in [0.2, 0.25) is 5.91 Å². The lowest BCUT2D eigenvalue weighted by Gasteiger charge is -2.24. The maximum absolute atomic E-state index is 11.8. The molecule has 0 unspecified atom stereocenters. The first kappa shape index (κ1) is 11.7. The van der Waals surface area contributed by atoms with Crippen molar-refractivity contribution in [3.8, 4) is 0 Å². The fraction of sp³-hybridized carbons (Fsp3) is 0.455. The molecule has 0 bridgehead atoms. The molecule has 3 rings (SSSR count). The van der Waals surface area contributed by atoms with Crippen molar-refractivity contribution in [2.24, 2.45) is 0 Å². The van der Waals surface area contributed by atoms with Crippen LogP contribution < -0.4 is 20.9 Å². The summed E-state index contributed by atoms with van der Waals surface area (Å²) in [5.41, 5.74) is 0.477. The molecule has 3 amide bonds. The van der Waals surface area contributed by atoms with E-state index in [4.69, 9.17) is 0 Å². The van der Waals surface area contributed by atoms with Gasteiger partial charge < -0.3 is 16.0 Å². The number of carbonyl (C=O) groups is 2. The van der Waals surface area contributed by atoms with Gasteiger partial charge in [0.1, 0.15) is 11.5 Å². The zero-order valence-electron chi connectivity index (χ0n) is 10.5. The molecule has 1 aromatic heterocycles. The molecular weight excluding hydrogens is 248 g/mol. The highest BCUT2D eigenvalue weighted by molar-refractivity contribution is 6.06. The van der Waals surface area contributed by atoms with Crippen LogP contribution in [0.3, 0.4) is 0 Å². The molecule has 0 aromatic carbocycles. The number of anilines is 3. The van der Waals surface area contributed by atoms with E-state index in [-0.39, 0.29) is 18.5 Å². The minimum Gasteiger partial charge on any atom is -0.359 e. The van der Waals surface area contributed by atoms with Crippen molar-refractivity contribution in [3.63, 3.8) is 0 Å². The molecule has 8 nitrogen and oxygen atoms in total. The normalized spacial score (nSPS) is 17.6. The molecular formula is C11H14N6O2. The number of amides is 3. The van der Waals surface area contributed by atoms with Crippen molar-refractivity contribution in [2.75, 3.05) is 35.2 Å². The van der Waals surface area contributed by atoms with Gasteiger partial charge in [-0.25, -0.2) is 14.8 Å². The van der Waals surface area contributed by atoms with E-state index in [0.717, 1.165) is 0 Å². The highest BCUT2D eigenvalue weighted by Gasteiger charge is 2.29. The molecule has 3 heterocycles. The second kappa shape index (κ2) is 4.38. The molecule has 2 aliphatic heterocycles. The number of hydrogen-bond donors (Lipinski definition) is 3. The van der Waals surface area contributed by atoms with Crippen molar-refractivity contribution in [2.45, 2.75) is 13.3 Å². The highest BCUT2D eigenvalue weighted by Crippen LogP contribution is 2.33. The lowest BCUT2D eigenvalue weighted by molar-refractivity contribution is -0.114. The number of rotatable bonds is 2. The minimum absolute atomic E-state index is 0.166. The van der Waals surface area contributed by atoms with Crippen molar-refractivity contribution in [1.82, 2.24) is 15.3 Å². The molecule has 0 spiro atoms. The molecule has 2 aliphatic rings. The molecule has 8 heteroatoms. The van der Waals surface area contributed by atoms with E-state index in [0.29, 0.717) is 42.7 Å². The van der Waals surface area contributed by atoms with Gasteiger partial charge in [-0.2, -0.15) is 0 Å². The predicted molar refractivity (Wildman–Crippen MR) is 69.3 cm³/mol. The van der Waals surface area contributed by atoms with Crippen molar-refractivity contribution in [3.05, 3.63) is 5.82 Å². The van der Waals surface area contributed by atoms with Crippen LogP contribution in [0.25, 0.3) is 0 Å². The third-order valence-corrected chi connectivity index (χ3v) is 3.05. The van der Waals surface area contributed by atoms with Crippen molar-refractivity contribution in [1.29, 1.82) is 0 Å². The molecule has 19 heavy (non-hydrogen) atoms. The Morgan fingerprint density at radius 1 is 1.26 bits per heavy atom. The SMILES string of the molecule is CCc1nc2c(c(N3CCNC3=O)n1)NC(=O)CN2. The summed E-state index contributed by atoms with van der Waals surface area (Å²) >= 11 is 0. The maximum atomic E-state index is 11.8. The van der Waals surface area contributed by atoms with Gasteiger partial charge in [0.05, 0.1) is 6.54 Å². The van der Waals surface area contributed by atoms with Gasteiger partial charge in [-0.05, 0) is 0 Å². The van der Waals surface area contributed by atoms with Gasteiger partial charge >= 0.3 is 6.03 Å². The van der Waals surface area contributed by atoms with Crippen LogP contribution in [0.4, 0.5) is 22.1 Å². The summed E-state index contributed by atoms with van der Waals surface area (Å²) in [4.78, 5) is 33.5. The summed E-state index contributed by atoms with van der Waals surface area (Å²) in [7, 11) is 0. The van der Waals surface area contributed by atoms with Crippen molar-refractivity contribution < 1.29 is 9.59 Å². The second-order valence-corrected chi connectivity index (χ2v) is 4.33. The molecule has 0 saturated carbocycles. The first-order valence-corrected chi connectivity index (χ1v) is 6.19. The summed E-state index contributed by atoms with van der Waals surface area (Å²) in [5.74, 6) is 1.50. The second-order valence-electron chi connectivity index (χ2n) is 4.33. The fourth-order valence-electron chi connectivity index (χ4n) is 2.11. The van der Waals surface area contributed by atoms with Crippen LogP contribution in [0.15, 0.2) is 0 Å². The molecule has 1 saturated heterocycles. The summed E-state index contributed by atoms with van der Waals surface area (Å²) in [6, 6.07) is -0.206. The Morgan fingerprint density at radius 2 is 2.11 bits per heavy atom. The maximum Gasteiger partial charge on any atom is 0.323 e. The number of nitrogens with zero attached hydrogens (tertiary/aromatic N) is 3. The minimum atomic E-state index is -0.206. The summed E-state index contributed by atoms with van der Waals surface area (Å²) in [6.07, 6.45) is 0.658. The zero-order valence-corrected chi connectivity index (χ0v) is 10.5. The van der Waals surface area contributed by atoms with Crippen LogP contribution in [0, 0.1) is 0 Å². The van der Waals surface area contributed by atoms with Gasteiger partial charge in [0.15, 0.2) is 11.6 Å². The van der Waals surface area contributed by atoms with E-state index < -0.39 is 0 Å². The number of hydrogen-bond acceptors (Lipinski definition) is 5. The number of fused-ring (bicyclic) bond motifs is 1. The van der Waals surface area contributed by atoms with Crippen LogP contribution in [-0.2, 0) is 11.2 Å². The third-order valence-electron chi connectivity index (χ3n) is 3.05. The van der Waals surface area contributed by atoms with E-state index in [2.05, 4.69) is 25.9 Å². The molecule has 1 fully saturated rings. The van der Waals surface area contributed by atoms with Gasteiger partial charge in [0.25, 0.3) is 0 Å². The Labute approximate surface area is 109 Å². The first-order valence-electron chi connectivity index (χ1n) is 6.19. The Hall–Kier alpha value is -2.38. The fourth-order valence-corrected chi connectivity index (χ4v) is 2.11. The Kier molecular flexibility index (Phi) is 2.69. The number of nitrogens with one attached hydrogen (secondary N) is 3. The lowest BCUT2D eigenvalue weighted by atomic mass is 10.3. The third kappa shape index (κ3) is 1.94. The number of aryl methyl sites for hydroxylation is 1. The van der Waals surface area contributed by atoms with Gasteiger partial charge in [-0.1, -0.05) is 6.92 Å². The van der Waals surface area contributed by atoms with Crippen LogP contribution in [0.1, 0.15) is 12.7 Å². The quantitative estimate of drug-likeness (QED) is 0.693. The smallest absolute Gasteiger partial charge is 0.323 e. The molecule has 0 aliphatic carbocycles. The van der Waals surface area contributed by atoms with Crippen LogP contribution in [-0.4, -0.2) is 41.5 Å². The van der Waals surface area contributed by atoms with E-state index in [1.54, 1.807) is 0 Å². The highest BCUT2D eigenvalue weighted by atomic mass is 16.2. The Bertz CT molecular complexity index is 558. The van der Waals surface area contributed by atoms with Gasteiger partial charge in [0, 0.05) is 19.5 Å². The van der Waals surface area contributed by atoms with Crippen molar-refractivity contribution >= 4 is 29.3 Å². The average Bonchev–Trinajstić information content (AvgIpc) is 2.83. The predicted octanol–water partition coefficient (Wildman–Crippen LogP) is -0.0674. The van der Waals surface area contributed by atoms with Gasteiger partial charge in [-0.15, -0.1) is 0 Å². The number of carbonyl (C=O) groups excluding carboxylic acids is 2. The van der Waals surface area contributed by atoms with E-state index in [1.165, 1.54) is 4.90 Å². The van der Waals surface area contributed by atoms with Crippen LogP contribution in [0.5, 0.6) is 0 Å². The van der Waals surface area contributed by atoms with Crippen LogP contribution >= 0.6 is 0 Å². The molecule has 0 atom stereocenters. The van der Waals surface area contributed by atoms with E-state index in [9.17, 15) is 9.59 Å². The molecule has 1 aromatic rings. The molecule has 0 radical (unpaired) electrons. The summed E-state index contributed by atoms with van der Waals surface area (Å²) in [6.45, 7) is 3.22. The average molecular weight is 262 g/mol. The Balaban J connectivity index is 2.10. The summed E-state index contributed by atoms with van der Waals surface area (Å²) in [5, 5.41) is 8.39. The number of urea groups is 1. The van der Waals surface area contributed by atoms with E-state index >= 15 is 0 Å². The summed E-state index contributed by atoms with van der Waals surface area (Å²) < 4.78 is 0. The first-order chi connectivity index (χ1) is 9.19. The lowest BCUT2D eigenvalue weighted by Crippen LogP contribution is -2.34. The Morgan fingerprint density at radius 3 is 2.79 bits per heavy atom. The largest absolute Gasteiger partial charge is 0.359 e. The van der Waals surface area contributed by atoms with Crippen LogP contribution in [0.2, 0.25) is 0 Å². The molecule has 3 N–H and O–H groups in total. The monoisotopic (exact) mass is 262 g/mol. The standard InChI is InChI=1S/C11H14N6O2/c1-2-6-14-9-8(16-7(18)5-13-9)10(15-6)17-4-3-12-11(17)19/h2-5H2,1H3,(H,12,19)(H,16,18)(H,13,14,15). The van der Waals surface area contributed by atoms with E-state index in [1.807, 2.05) is 6.92 Å². The molecule has 100 valence electrons. The zero-order chi connectivity index (χ0) is 13.4. The topological polar surface area (TPSA) is 99.2 Å². The number of aromatic nitrogens is 2.